The fourth-order valence-electron chi connectivity index (χ4n) is 4.13. The maximum absolute atomic E-state index is 10.3. The molecule has 32 heavy (non-hydrogen) atoms. The molecule has 1 heterocycles. The Morgan fingerprint density at radius 2 is 1.84 bits per heavy atom. The smallest absolute Gasteiger partial charge is 0.129 e. The number of nitrogens with zero attached hydrogens (tertiary/aromatic N) is 2. The lowest BCUT2D eigenvalue weighted by molar-refractivity contribution is -0.0821. The molecule has 0 aliphatic heterocycles. The Labute approximate surface area is 196 Å². The molecular formula is C26H34ClN3O2. The third-order valence-corrected chi connectivity index (χ3v) is 5.70. The molecule has 3 aromatic rings. The molecule has 3 rings (SSSR count). The fraction of sp³-hybridized carbons (Fsp3) is 0.423. The lowest BCUT2D eigenvalue weighted by atomic mass is 9.88. The first-order valence-electron chi connectivity index (χ1n) is 11.1. The van der Waals surface area contributed by atoms with Gasteiger partial charge in [-0.2, -0.15) is 0 Å². The lowest BCUT2D eigenvalue weighted by Crippen LogP contribution is -2.29. The molecule has 0 fully saturated rings. The molecule has 1 atom stereocenters. The van der Waals surface area contributed by atoms with Crippen molar-refractivity contribution >= 4 is 28.3 Å². The van der Waals surface area contributed by atoms with Crippen LogP contribution in [-0.4, -0.2) is 41.9 Å². The molecule has 0 radical (unpaired) electrons. The van der Waals surface area contributed by atoms with Gasteiger partial charge in [-0.05, 0) is 87.2 Å². The van der Waals surface area contributed by atoms with E-state index in [2.05, 4.69) is 30.9 Å². The van der Waals surface area contributed by atoms with Crippen molar-refractivity contribution in [3.8, 4) is 11.1 Å². The van der Waals surface area contributed by atoms with Crippen LogP contribution in [0.5, 0.6) is 0 Å². The topological polar surface area (TPSA) is 71.6 Å². The summed E-state index contributed by atoms with van der Waals surface area (Å²) in [4.78, 5) is 7.14. The zero-order valence-electron chi connectivity index (χ0n) is 19.7. The molecule has 2 aromatic carbocycles. The first-order valence-corrected chi connectivity index (χ1v) is 11.5. The van der Waals surface area contributed by atoms with Crippen molar-refractivity contribution in [1.82, 2.24) is 4.98 Å². The Kier molecular flexibility index (Phi) is 7.78. The number of pyridine rings is 1. The lowest BCUT2D eigenvalue weighted by Gasteiger charge is -2.30. The van der Waals surface area contributed by atoms with E-state index in [1.54, 1.807) is 0 Å². The van der Waals surface area contributed by atoms with Crippen molar-refractivity contribution in [2.75, 3.05) is 31.1 Å². The molecule has 172 valence electrons. The summed E-state index contributed by atoms with van der Waals surface area (Å²) >= 11 is 6.17. The Morgan fingerprint density at radius 3 is 2.41 bits per heavy atom. The van der Waals surface area contributed by atoms with Crippen LogP contribution in [0.3, 0.4) is 0 Å². The number of aliphatic hydroxyl groups excluding tert-OH is 1. The minimum Gasteiger partial charge on any atom is -0.393 e. The van der Waals surface area contributed by atoms with Gasteiger partial charge in [-0.25, -0.2) is 4.98 Å². The van der Waals surface area contributed by atoms with Crippen LogP contribution < -0.4 is 10.6 Å². The molecule has 5 nitrogen and oxygen atoms in total. The predicted molar refractivity (Wildman–Crippen MR) is 135 cm³/mol. The van der Waals surface area contributed by atoms with Crippen molar-refractivity contribution in [3.05, 3.63) is 58.6 Å². The van der Waals surface area contributed by atoms with Crippen LogP contribution in [-0.2, 0) is 4.74 Å². The van der Waals surface area contributed by atoms with Gasteiger partial charge in [-0.1, -0.05) is 23.7 Å². The van der Waals surface area contributed by atoms with Gasteiger partial charge in [-0.3, -0.25) is 0 Å². The summed E-state index contributed by atoms with van der Waals surface area (Å²) in [5.74, 6) is 0.907. The number of rotatable bonds is 8. The summed E-state index contributed by atoms with van der Waals surface area (Å²) in [5.41, 5.74) is 10.3. The van der Waals surface area contributed by atoms with Gasteiger partial charge in [0, 0.05) is 30.0 Å². The number of halogens is 1. The zero-order valence-corrected chi connectivity index (χ0v) is 20.4. The number of anilines is 1. The average Bonchev–Trinajstić information content (AvgIpc) is 2.74. The molecular weight excluding hydrogens is 422 g/mol. The molecule has 1 aromatic heterocycles. The summed E-state index contributed by atoms with van der Waals surface area (Å²) in [7, 11) is 0. The number of aliphatic hydroxyl groups is 1. The van der Waals surface area contributed by atoms with E-state index in [0.29, 0.717) is 11.6 Å². The Morgan fingerprint density at radius 1 is 1.16 bits per heavy atom. The second kappa shape index (κ2) is 10.2. The number of likely N-dealkylation sites (N-methyl/N-ethyl adjacent to an activating group) is 1. The maximum Gasteiger partial charge on any atom is 0.129 e. The molecule has 0 saturated carbocycles. The Balaban J connectivity index is 2.29. The highest BCUT2D eigenvalue weighted by atomic mass is 35.5. The van der Waals surface area contributed by atoms with Crippen molar-refractivity contribution in [3.63, 3.8) is 0 Å². The van der Waals surface area contributed by atoms with E-state index in [4.69, 9.17) is 27.1 Å². The van der Waals surface area contributed by atoms with Gasteiger partial charge in [0.15, 0.2) is 0 Å². The molecule has 1 unspecified atom stereocenters. The Hall–Kier alpha value is -2.18. The van der Waals surface area contributed by atoms with Crippen LogP contribution in [0.15, 0.2) is 42.5 Å². The summed E-state index contributed by atoms with van der Waals surface area (Å²) in [6.45, 7) is 12.2. The Bertz CT molecular complexity index is 1060. The van der Waals surface area contributed by atoms with E-state index < -0.39 is 11.7 Å². The highest BCUT2D eigenvalue weighted by molar-refractivity contribution is 6.30. The standard InChI is InChI=1S/C26H34ClN3O2/c1-6-30(14-13-28)23-12-11-20-21(29-23)15-17(2)24(22(16-31)32-26(3,4)5)25(20)18-7-9-19(27)10-8-18/h7-12,15,22,31H,6,13-14,16,28H2,1-5H3. The van der Waals surface area contributed by atoms with Gasteiger partial charge in [0.2, 0.25) is 0 Å². The van der Waals surface area contributed by atoms with E-state index in [-0.39, 0.29) is 6.61 Å². The van der Waals surface area contributed by atoms with Crippen LogP contribution in [0.25, 0.3) is 22.0 Å². The van der Waals surface area contributed by atoms with Gasteiger partial charge < -0.3 is 20.5 Å². The number of aryl methyl sites for hydroxylation is 1. The van der Waals surface area contributed by atoms with Gasteiger partial charge >= 0.3 is 0 Å². The van der Waals surface area contributed by atoms with Gasteiger partial charge in [0.05, 0.1) is 17.7 Å². The van der Waals surface area contributed by atoms with Crippen LogP contribution in [0, 0.1) is 6.92 Å². The van der Waals surface area contributed by atoms with E-state index in [1.165, 1.54) is 0 Å². The molecule has 0 aliphatic carbocycles. The minimum atomic E-state index is -0.464. The third-order valence-electron chi connectivity index (χ3n) is 5.45. The number of nitrogens with two attached hydrogens (primary N) is 1. The number of hydrogen-bond acceptors (Lipinski definition) is 5. The summed E-state index contributed by atoms with van der Waals surface area (Å²) in [6, 6.07) is 14.0. The molecule has 0 bridgehead atoms. The molecule has 0 saturated heterocycles. The second-order valence-electron chi connectivity index (χ2n) is 8.99. The first-order chi connectivity index (χ1) is 15.2. The van der Waals surface area contributed by atoms with E-state index in [0.717, 1.165) is 52.1 Å². The number of fused-ring (bicyclic) bond motifs is 1. The number of benzene rings is 2. The van der Waals surface area contributed by atoms with Crippen molar-refractivity contribution in [1.29, 1.82) is 0 Å². The molecule has 6 heteroatoms. The number of aromatic nitrogens is 1. The maximum atomic E-state index is 10.3. The average molecular weight is 456 g/mol. The second-order valence-corrected chi connectivity index (χ2v) is 9.43. The predicted octanol–water partition coefficient (Wildman–Crippen LogP) is 5.50. The minimum absolute atomic E-state index is 0.115. The SMILES string of the molecule is CCN(CCN)c1ccc2c(-c3ccc(Cl)cc3)c(C(CO)OC(C)(C)C)c(C)cc2n1. The summed E-state index contributed by atoms with van der Waals surface area (Å²) in [5, 5.41) is 12.0. The third kappa shape index (κ3) is 5.41. The van der Waals surface area contributed by atoms with E-state index >= 15 is 0 Å². The van der Waals surface area contributed by atoms with Crippen molar-refractivity contribution < 1.29 is 9.84 Å². The zero-order chi connectivity index (χ0) is 23.5. The molecule has 3 N–H and O–H groups in total. The van der Waals surface area contributed by atoms with Crippen molar-refractivity contribution in [2.45, 2.75) is 46.3 Å². The van der Waals surface area contributed by atoms with Gasteiger partial charge in [0.1, 0.15) is 11.9 Å². The number of ether oxygens (including phenoxy) is 1. The van der Waals surface area contributed by atoms with Crippen LogP contribution in [0.1, 0.15) is 44.9 Å². The highest BCUT2D eigenvalue weighted by Crippen LogP contribution is 2.40. The number of hydrogen-bond donors (Lipinski definition) is 2. The van der Waals surface area contributed by atoms with E-state index in [1.807, 2.05) is 51.1 Å². The van der Waals surface area contributed by atoms with E-state index in [9.17, 15) is 5.11 Å². The molecule has 0 aliphatic rings. The van der Waals surface area contributed by atoms with Crippen LogP contribution >= 0.6 is 11.6 Å². The normalized spacial score (nSPS) is 12.9. The quantitative estimate of drug-likeness (QED) is 0.469. The summed E-state index contributed by atoms with van der Waals surface area (Å²) < 4.78 is 6.28. The fourth-order valence-corrected chi connectivity index (χ4v) is 4.26. The highest BCUT2D eigenvalue weighted by Gasteiger charge is 2.26. The van der Waals surface area contributed by atoms with Crippen molar-refractivity contribution in [2.24, 2.45) is 5.73 Å². The molecule has 0 spiro atoms. The van der Waals surface area contributed by atoms with Crippen LogP contribution in [0.4, 0.5) is 5.82 Å². The van der Waals surface area contributed by atoms with Crippen LogP contribution in [0.2, 0.25) is 5.02 Å². The van der Waals surface area contributed by atoms with Gasteiger partial charge in [-0.15, -0.1) is 0 Å². The monoisotopic (exact) mass is 455 g/mol. The summed E-state index contributed by atoms with van der Waals surface area (Å²) in [6.07, 6.45) is -0.464. The van der Waals surface area contributed by atoms with Gasteiger partial charge in [0.25, 0.3) is 0 Å². The molecule has 0 amide bonds. The largest absolute Gasteiger partial charge is 0.393 e. The first kappa shape index (κ1) is 24.5.